The van der Waals surface area contributed by atoms with E-state index in [9.17, 15) is 0 Å². The number of para-hydroxylation sites is 2. The monoisotopic (exact) mass is 529 g/mol. The van der Waals surface area contributed by atoms with Gasteiger partial charge in [-0.15, -0.1) is 11.3 Å². The zero-order valence-corrected chi connectivity index (χ0v) is 21.9. The maximum Gasteiger partial charge on any atom is 0.235 e. The lowest BCUT2D eigenvalue weighted by Gasteiger charge is -2.12. The van der Waals surface area contributed by atoms with Crippen molar-refractivity contribution < 1.29 is 0 Å². The first-order valence-electron chi connectivity index (χ1n) is 13.2. The first kappa shape index (κ1) is 21.7. The largest absolute Gasteiger partial charge is 0.276 e. The van der Waals surface area contributed by atoms with E-state index in [2.05, 4.69) is 89.5 Å². The van der Waals surface area contributed by atoms with Gasteiger partial charge in [0, 0.05) is 49.6 Å². The summed E-state index contributed by atoms with van der Waals surface area (Å²) in [5.74, 6) is 0.644. The molecule has 0 bridgehead atoms. The van der Waals surface area contributed by atoms with Crippen molar-refractivity contribution in [1.82, 2.24) is 24.5 Å². The summed E-state index contributed by atoms with van der Waals surface area (Å²) in [4.78, 5) is 20.2. The maximum atomic E-state index is 5.28. The van der Waals surface area contributed by atoms with Crippen molar-refractivity contribution in [2.45, 2.75) is 0 Å². The molecule has 0 aliphatic heterocycles. The van der Waals surface area contributed by atoms with E-state index in [4.69, 9.17) is 19.9 Å². The smallest absolute Gasteiger partial charge is 0.235 e. The molecule has 0 saturated carbocycles. The Balaban J connectivity index is 1.54. The van der Waals surface area contributed by atoms with E-state index in [0.29, 0.717) is 5.95 Å². The Hall–Kier alpha value is -5.20. The van der Waals surface area contributed by atoms with Gasteiger partial charge in [-0.1, -0.05) is 84.9 Å². The summed E-state index contributed by atoms with van der Waals surface area (Å²) in [5.41, 5.74) is 6.82. The number of fused-ring (bicyclic) bond motifs is 11. The quantitative estimate of drug-likeness (QED) is 0.225. The van der Waals surface area contributed by atoms with Crippen molar-refractivity contribution in [2.75, 3.05) is 0 Å². The molecule has 0 unspecified atom stereocenters. The van der Waals surface area contributed by atoms with Crippen LogP contribution in [0.5, 0.6) is 0 Å². The van der Waals surface area contributed by atoms with Gasteiger partial charge in [-0.05, 0) is 18.2 Å². The Morgan fingerprint density at radius 3 is 2.10 bits per heavy atom. The van der Waals surface area contributed by atoms with Gasteiger partial charge in [0.15, 0.2) is 0 Å². The third kappa shape index (κ3) is 2.91. The molecule has 186 valence electrons. The summed E-state index contributed by atoms with van der Waals surface area (Å²) in [6.45, 7) is 0. The van der Waals surface area contributed by atoms with E-state index in [0.717, 1.165) is 60.4 Å². The second-order valence-corrected chi connectivity index (χ2v) is 10.9. The number of hydrogen-bond acceptors (Lipinski definition) is 5. The molecule has 0 N–H and O–H groups in total. The van der Waals surface area contributed by atoms with E-state index < -0.39 is 0 Å². The molecule has 9 aromatic rings. The molecule has 0 atom stereocenters. The van der Waals surface area contributed by atoms with Gasteiger partial charge in [-0.3, -0.25) is 14.5 Å². The molecule has 5 aromatic carbocycles. The standard InChI is InChI=1S/C34H19N5S/c1-2-10-20(11-3-1)29-21-12-4-7-15-24(21)37-34(38-29)39-25-16-8-5-13-22(25)27-30-31(36-19-18-35-30)28-23-14-6-9-17-26(23)40-33(28)32(27)39/h1-19H. The molecule has 0 aliphatic rings. The van der Waals surface area contributed by atoms with E-state index >= 15 is 0 Å². The number of nitrogens with zero attached hydrogens (tertiary/aromatic N) is 5. The third-order valence-corrected chi connectivity index (χ3v) is 8.87. The molecule has 0 spiro atoms. The number of rotatable bonds is 2. The van der Waals surface area contributed by atoms with Crippen LogP contribution < -0.4 is 0 Å². The van der Waals surface area contributed by atoms with E-state index in [1.54, 1.807) is 23.7 Å². The third-order valence-electron chi connectivity index (χ3n) is 7.70. The van der Waals surface area contributed by atoms with Gasteiger partial charge in [0.2, 0.25) is 5.95 Å². The first-order chi connectivity index (χ1) is 19.9. The van der Waals surface area contributed by atoms with Crippen molar-refractivity contribution in [2.24, 2.45) is 0 Å². The summed E-state index contributed by atoms with van der Waals surface area (Å²) in [7, 11) is 0. The van der Waals surface area contributed by atoms with Gasteiger partial charge in [0.1, 0.15) is 0 Å². The number of thiophene rings is 1. The fraction of sp³-hybridized carbons (Fsp3) is 0. The lowest BCUT2D eigenvalue weighted by atomic mass is 10.1. The summed E-state index contributed by atoms with van der Waals surface area (Å²) in [6.07, 6.45) is 3.58. The van der Waals surface area contributed by atoms with Crippen LogP contribution in [0.15, 0.2) is 116 Å². The zero-order valence-electron chi connectivity index (χ0n) is 21.1. The van der Waals surface area contributed by atoms with E-state index in [1.165, 1.54) is 14.8 Å². The average molecular weight is 530 g/mol. The van der Waals surface area contributed by atoms with E-state index in [-0.39, 0.29) is 0 Å². The molecule has 9 rings (SSSR count). The van der Waals surface area contributed by atoms with Crippen LogP contribution in [0.1, 0.15) is 0 Å². The van der Waals surface area contributed by atoms with Gasteiger partial charge in [-0.2, -0.15) is 0 Å². The number of hydrogen-bond donors (Lipinski definition) is 0. The van der Waals surface area contributed by atoms with Gasteiger partial charge < -0.3 is 0 Å². The molecule has 4 aromatic heterocycles. The Morgan fingerprint density at radius 2 is 1.25 bits per heavy atom. The lowest BCUT2D eigenvalue weighted by Crippen LogP contribution is -2.03. The molecular formula is C34H19N5S. The predicted octanol–water partition coefficient (Wildman–Crippen LogP) is 8.71. The second-order valence-electron chi connectivity index (χ2n) is 9.89. The zero-order chi connectivity index (χ0) is 26.2. The van der Waals surface area contributed by atoms with Crippen molar-refractivity contribution in [3.8, 4) is 17.2 Å². The van der Waals surface area contributed by atoms with Crippen LogP contribution in [-0.2, 0) is 0 Å². The molecule has 0 saturated heterocycles. The van der Waals surface area contributed by atoms with Crippen LogP contribution in [0.25, 0.3) is 81.1 Å². The summed E-state index contributed by atoms with van der Waals surface area (Å²) in [5, 5.41) is 5.54. The fourth-order valence-corrected chi connectivity index (χ4v) is 7.28. The van der Waals surface area contributed by atoms with Gasteiger partial charge in [-0.25, -0.2) is 9.97 Å². The molecule has 0 fully saturated rings. The lowest BCUT2D eigenvalue weighted by molar-refractivity contribution is 1.02. The maximum absolute atomic E-state index is 5.28. The van der Waals surface area contributed by atoms with Crippen LogP contribution in [0, 0.1) is 0 Å². The molecule has 0 amide bonds. The van der Waals surface area contributed by atoms with Crippen LogP contribution in [-0.4, -0.2) is 24.5 Å². The molecule has 5 nitrogen and oxygen atoms in total. The van der Waals surface area contributed by atoms with Gasteiger partial charge in [0.05, 0.1) is 38.0 Å². The van der Waals surface area contributed by atoms with Crippen molar-refractivity contribution >= 4 is 75.3 Å². The number of benzene rings is 5. The highest BCUT2D eigenvalue weighted by atomic mass is 32.1. The average Bonchev–Trinajstić information content (AvgIpc) is 3.58. The SMILES string of the molecule is c1ccc(-c2nc(-n3c4ccccc4c4c5nccnc5c5c6ccccc6sc5c43)nc3ccccc23)cc1. The number of aromatic nitrogens is 5. The second kappa shape index (κ2) is 8.15. The molecule has 6 heteroatoms. The highest BCUT2D eigenvalue weighted by Crippen LogP contribution is 2.46. The topological polar surface area (TPSA) is 56.5 Å². The predicted molar refractivity (Wildman–Crippen MR) is 165 cm³/mol. The van der Waals surface area contributed by atoms with Crippen LogP contribution >= 0.6 is 11.3 Å². The Bertz CT molecular complexity index is 2440. The minimum Gasteiger partial charge on any atom is -0.276 e. The summed E-state index contributed by atoms with van der Waals surface area (Å²) in [6, 6.07) is 35.6. The van der Waals surface area contributed by atoms with Crippen molar-refractivity contribution in [3.05, 3.63) is 116 Å². The van der Waals surface area contributed by atoms with Crippen LogP contribution in [0.2, 0.25) is 0 Å². The van der Waals surface area contributed by atoms with Gasteiger partial charge in [0.25, 0.3) is 0 Å². The molecular weight excluding hydrogens is 510 g/mol. The highest BCUT2D eigenvalue weighted by Gasteiger charge is 2.24. The van der Waals surface area contributed by atoms with Crippen LogP contribution in [0.3, 0.4) is 0 Å². The van der Waals surface area contributed by atoms with E-state index in [1.807, 2.05) is 18.2 Å². The minimum atomic E-state index is 0.644. The minimum absolute atomic E-state index is 0.644. The highest BCUT2D eigenvalue weighted by molar-refractivity contribution is 7.27. The molecule has 4 heterocycles. The summed E-state index contributed by atoms with van der Waals surface area (Å²) < 4.78 is 4.62. The van der Waals surface area contributed by atoms with Crippen molar-refractivity contribution in [3.63, 3.8) is 0 Å². The molecule has 40 heavy (non-hydrogen) atoms. The Labute approximate surface area is 232 Å². The first-order valence-corrected chi connectivity index (χ1v) is 14.0. The molecule has 0 radical (unpaired) electrons. The van der Waals surface area contributed by atoms with Crippen LogP contribution in [0.4, 0.5) is 0 Å². The van der Waals surface area contributed by atoms with Gasteiger partial charge >= 0.3 is 0 Å². The van der Waals surface area contributed by atoms with Crippen molar-refractivity contribution in [1.29, 1.82) is 0 Å². The Morgan fingerprint density at radius 1 is 0.575 bits per heavy atom. The Kier molecular flexibility index (Phi) is 4.42. The summed E-state index contributed by atoms with van der Waals surface area (Å²) >= 11 is 1.79. The fourth-order valence-electron chi connectivity index (χ4n) is 6.03. The molecule has 0 aliphatic carbocycles. The normalized spacial score (nSPS) is 12.0.